The van der Waals surface area contributed by atoms with E-state index in [1.807, 2.05) is 18.2 Å². The van der Waals surface area contributed by atoms with E-state index in [-0.39, 0.29) is 16.4 Å². The Morgan fingerprint density at radius 2 is 2.00 bits per heavy atom. The van der Waals surface area contributed by atoms with Crippen molar-refractivity contribution in [1.29, 1.82) is 0 Å². The van der Waals surface area contributed by atoms with Crippen molar-refractivity contribution in [2.45, 2.75) is 6.92 Å². The van der Waals surface area contributed by atoms with Crippen molar-refractivity contribution in [2.75, 3.05) is 12.4 Å². The Bertz CT molecular complexity index is 750. The number of ether oxygens (including phenoxy) is 1. The maximum atomic E-state index is 13.2. The molecule has 5 nitrogen and oxygen atoms in total. The highest BCUT2D eigenvalue weighted by atomic mass is 32.1. The molecule has 0 atom stereocenters. The van der Waals surface area contributed by atoms with Crippen LogP contribution in [0.25, 0.3) is 0 Å². The Morgan fingerprint density at radius 1 is 1.26 bits per heavy atom. The predicted octanol–water partition coefficient (Wildman–Crippen LogP) is 3.25. The van der Waals surface area contributed by atoms with Gasteiger partial charge in [0.2, 0.25) is 0 Å². The van der Waals surface area contributed by atoms with Crippen LogP contribution in [0.15, 0.2) is 47.6 Å². The Hall–Kier alpha value is -2.67. The molecule has 0 fully saturated rings. The van der Waals surface area contributed by atoms with Gasteiger partial charge >= 0.3 is 0 Å². The number of benzene rings is 2. The Labute approximate surface area is 138 Å². The van der Waals surface area contributed by atoms with E-state index in [4.69, 9.17) is 17.0 Å². The minimum Gasteiger partial charge on any atom is -0.507 e. The number of aromatic hydroxyl groups is 1. The lowest BCUT2D eigenvalue weighted by Crippen LogP contribution is -2.25. The fraction of sp³-hybridized carbons (Fsp3) is 0.125. The average Bonchev–Trinajstić information content (AvgIpc) is 2.55. The van der Waals surface area contributed by atoms with Gasteiger partial charge in [-0.25, -0.2) is 4.39 Å². The molecule has 2 aromatic rings. The lowest BCUT2D eigenvalue weighted by molar-refractivity contribution is 0.417. The van der Waals surface area contributed by atoms with Crippen LogP contribution in [-0.4, -0.2) is 23.0 Å². The van der Waals surface area contributed by atoms with Gasteiger partial charge in [0.15, 0.2) is 5.11 Å². The van der Waals surface area contributed by atoms with Crippen LogP contribution in [0.4, 0.5) is 10.1 Å². The third-order valence-corrected chi connectivity index (χ3v) is 3.22. The van der Waals surface area contributed by atoms with Crippen LogP contribution >= 0.6 is 12.2 Å². The number of hydrogen-bond donors (Lipinski definition) is 3. The van der Waals surface area contributed by atoms with E-state index in [9.17, 15) is 9.50 Å². The number of nitrogens with zero attached hydrogens (tertiary/aromatic N) is 1. The molecular weight excluding hydrogens is 317 g/mol. The molecule has 0 saturated heterocycles. The van der Waals surface area contributed by atoms with E-state index in [0.717, 1.165) is 0 Å². The lowest BCUT2D eigenvalue weighted by atomic mass is 10.1. The fourth-order valence-electron chi connectivity index (χ4n) is 1.89. The largest absolute Gasteiger partial charge is 0.507 e. The highest BCUT2D eigenvalue weighted by Crippen LogP contribution is 2.23. The number of hydrogen-bond acceptors (Lipinski definition) is 4. The van der Waals surface area contributed by atoms with Crippen molar-refractivity contribution in [3.05, 3.63) is 53.8 Å². The van der Waals surface area contributed by atoms with Gasteiger partial charge in [0.1, 0.15) is 17.3 Å². The number of para-hydroxylation sites is 2. The summed E-state index contributed by atoms with van der Waals surface area (Å²) in [6.45, 7) is 1.63. The molecule has 0 saturated carbocycles. The minimum absolute atomic E-state index is 0.0574. The van der Waals surface area contributed by atoms with Gasteiger partial charge in [0, 0.05) is 5.56 Å². The molecule has 0 aliphatic heterocycles. The average molecular weight is 333 g/mol. The third kappa shape index (κ3) is 4.40. The van der Waals surface area contributed by atoms with Crippen LogP contribution in [0.1, 0.15) is 12.5 Å². The molecule has 7 heteroatoms. The smallest absolute Gasteiger partial charge is 0.191 e. The highest BCUT2D eigenvalue weighted by Gasteiger charge is 2.07. The summed E-state index contributed by atoms with van der Waals surface area (Å²) in [7, 11) is 1.56. The Kier molecular flexibility index (Phi) is 5.48. The second-order valence-electron chi connectivity index (χ2n) is 4.62. The zero-order valence-corrected chi connectivity index (χ0v) is 13.4. The van der Waals surface area contributed by atoms with Crippen molar-refractivity contribution < 1.29 is 14.2 Å². The first-order chi connectivity index (χ1) is 11.0. The monoisotopic (exact) mass is 333 g/mol. The maximum absolute atomic E-state index is 13.2. The molecule has 0 radical (unpaired) electrons. The van der Waals surface area contributed by atoms with E-state index in [1.165, 1.54) is 18.2 Å². The van der Waals surface area contributed by atoms with Crippen LogP contribution in [0.2, 0.25) is 0 Å². The summed E-state index contributed by atoms with van der Waals surface area (Å²) in [6, 6.07) is 10.9. The summed E-state index contributed by atoms with van der Waals surface area (Å²) >= 11 is 5.15. The number of rotatable bonds is 4. The van der Waals surface area contributed by atoms with Crippen molar-refractivity contribution in [2.24, 2.45) is 5.10 Å². The van der Waals surface area contributed by atoms with Crippen molar-refractivity contribution in [3.63, 3.8) is 0 Å². The lowest BCUT2D eigenvalue weighted by Gasteiger charge is -2.11. The van der Waals surface area contributed by atoms with Gasteiger partial charge in [-0.2, -0.15) is 5.10 Å². The number of phenols is 1. The summed E-state index contributed by atoms with van der Waals surface area (Å²) < 4.78 is 18.4. The number of halogens is 1. The molecule has 2 rings (SSSR count). The van der Waals surface area contributed by atoms with Crippen LogP contribution in [0, 0.1) is 5.82 Å². The number of hydrazone groups is 1. The zero-order chi connectivity index (χ0) is 16.8. The van der Waals surface area contributed by atoms with E-state index < -0.39 is 5.82 Å². The van der Waals surface area contributed by atoms with Gasteiger partial charge in [0.25, 0.3) is 0 Å². The van der Waals surface area contributed by atoms with E-state index in [0.29, 0.717) is 17.1 Å². The van der Waals surface area contributed by atoms with Crippen LogP contribution in [-0.2, 0) is 0 Å². The fourth-order valence-corrected chi connectivity index (χ4v) is 2.05. The molecule has 0 heterocycles. The molecule has 3 N–H and O–H groups in total. The van der Waals surface area contributed by atoms with Gasteiger partial charge in [-0.3, -0.25) is 5.43 Å². The quantitative estimate of drug-likeness (QED) is 0.455. The standard InChI is InChI=1S/C16H16FN3O2S/c1-10(12-9-11(17)7-8-14(12)21)19-20-16(23)18-13-5-3-4-6-15(13)22-2/h3-9,21H,1-2H3,(H2,18,20,23)/b19-10+. The van der Waals surface area contributed by atoms with E-state index in [2.05, 4.69) is 15.8 Å². The van der Waals surface area contributed by atoms with Gasteiger partial charge in [-0.15, -0.1) is 0 Å². The summed E-state index contributed by atoms with van der Waals surface area (Å²) in [5.41, 5.74) is 4.02. The molecule has 0 aliphatic rings. The number of methoxy groups -OCH3 is 1. The second kappa shape index (κ2) is 7.55. The highest BCUT2D eigenvalue weighted by molar-refractivity contribution is 7.80. The molecule has 0 aliphatic carbocycles. The van der Waals surface area contributed by atoms with Crippen LogP contribution in [0.5, 0.6) is 11.5 Å². The van der Waals surface area contributed by atoms with E-state index >= 15 is 0 Å². The molecule has 120 valence electrons. The predicted molar refractivity (Wildman–Crippen MR) is 92.6 cm³/mol. The Morgan fingerprint density at radius 3 is 2.74 bits per heavy atom. The zero-order valence-electron chi connectivity index (χ0n) is 12.6. The summed E-state index contributed by atoms with van der Waals surface area (Å²) in [6.07, 6.45) is 0. The molecule has 23 heavy (non-hydrogen) atoms. The normalized spacial score (nSPS) is 11.0. The van der Waals surface area contributed by atoms with Gasteiger partial charge < -0.3 is 15.2 Å². The van der Waals surface area contributed by atoms with Gasteiger partial charge in [-0.1, -0.05) is 12.1 Å². The SMILES string of the molecule is COc1ccccc1NC(=S)N/N=C(\C)c1cc(F)ccc1O. The van der Waals surface area contributed by atoms with Crippen LogP contribution in [0.3, 0.4) is 0 Å². The molecule has 0 spiro atoms. The Balaban J connectivity index is 2.07. The van der Waals surface area contributed by atoms with Gasteiger partial charge in [-0.05, 0) is 49.5 Å². The van der Waals surface area contributed by atoms with Gasteiger partial charge in [0.05, 0.1) is 18.5 Å². The number of nitrogens with one attached hydrogen (secondary N) is 2. The number of anilines is 1. The van der Waals surface area contributed by atoms with Crippen molar-refractivity contribution >= 4 is 28.7 Å². The number of thiocarbonyl (C=S) groups is 1. The molecule has 0 amide bonds. The van der Waals surface area contributed by atoms with E-state index in [1.54, 1.807) is 20.1 Å². The van der Waals surface area contributed by atoms with Crippen molar-refractivity contribution in [1.82, 2.24) is 5.43 Å². The molecule has 0 bridgehead atoms. The number of phenolic OH excluding ortho intramolecular Hbond substituents is 1. The first-order valence-corrected chi connectivity index (χ1v) is 7.15. The summed E-state index contributed by atoms with van der Waals surface area (Å²) in [5.74, 6) is 0.125. The summed E-state index contributed by atoms with van der Waals surface area (Å²) in [5, 5.41) is 17.0. The van der Waals surface area contributed by atoms with Crippen LogP contribution < -0.4 is 15.5 Å². The topological polar surface area (TPSA) is 65.9 Å². The third-order valence-electron chi connectivity index (χ3n) is 3.03. The molecule has 2 aromatic carbocycles. The maximum Gasteiger partial charge on any atom is 0.191 e. The summed E-state index contributed by atoms with van der Waals surface area (Å²) in [4.78, 5) is 0. The first-order valence-electron chi connectivity index (χ1n) is 6.74. The molecular formula is C16H16FN3O2S. The first kappa shape index (κ1) is 16.7. The minimum atomic E-state index is -0.456. The second-order valence-corrected chi connectivity index (χ2v) is 5.03. The molecule has 0 unspecified atom stereocenters. The van der Waals surface area contributed by atoms with Crippen molar-refractivity contribution in [3.8, 4) is 11.5 Å². The molecule has 0 aromatic heterocycles.